The maximum Gasteiger partial charge on any atom is 0.169 e. The number of carbonyl (C=O) groups excluding carboxylic acids is 1. The fourth-order valence-corrected chi connectivity index (χ4v) is 6.28. The molecule has 3 saturated carbocycles. The van der Waals surface area contributed by atoms with Crippen molar-refractivity contribution in [3.05, 3.63) is 35.6 Å². The molecule has 2 nitrogen and oxygen atoms in total. The normalized spacial score (nSPS) is 47.3. The van der Waals surface area contributed by atoms with E-state index in [9.17, 15) is 9.90 Å². The molecule has 0 aliphatic heterocycles. The highest BCUT2D eigenvalue weighted by molar-refractivity contribution is 6.00. The molecular formula is C20H26O2. The number of aliphatic hydroxyl groups excluding tert-OH is 1. The van der Waals surface area contributed by atoms with Crippen molar-refractivity contribution in [1.82, 2.24) is 0 Å². The molecule has 0 heterocycles. The van der Waals surface area contributed by atoms with Gasteiger partial charge in [0.2, 0.25) is 0 Å². The lowest BCUT2D eigenvalue weighted by molar-refractivity contribution is -0.129. The molecule has 4 rings (SSSR count). The summed E-state index contributed by atoms with van der Waals surface area (Å²) in [5, 5.41) is 9.86. The summed E-state index contributed by atoms with van der Waals surface area (Å²) in [5.41, 5.74) is 2.10. The van der Waals surface area contributed by atoms with Crippen molar-refractivity contribution in [2.75, 3.05) is 0 Å². The van der Waals surface area contributed by atoms with Crippen LogP contribution in [0.4, 0.5) is 0 Å². The highest BCUT2D eigenvalue weighted by atomic mass is 16.3. The number of fused-ring (bicyclic) bond motifs is 5. The highest BCUT2D eigenvalue weighted by Gasteiger charge is 2.59. The van der Waals surface area contributed by atoms with Gasteiger partial charge in [-0.1, -0.05) is 25.5 Å². The van der Waals surface area contributed by atoms with Crippen LogP contribution >= 0.6 is 0 Å². The lowest BCUT2D eigenvalue weighted by Crippen LogP contribution is -2.52. The number of allylic oxidation sites excluding steroid dienone is 4. The monoisotopic (exact) mass is 298 g/mol. The summed E-state index contributed by atoms with van der Waals surface area (Å²) in [7, 11) is 0. The number of rotatable bonds is 0. The highest BCUT2D eigenvalue weighted by Crippen LogP contribution is 2.65. The average Bonchev–Trinajstić information content (AvgIpc) is 2.84. The van der Waals surface area contributed by atoms with Gasteiger partial charge < -0.3 is 5.11 Å². The Kier molecular flexibility index (Phi) is 2.84. The lowest BCUT2D eigenvalue weighted by Gasteiger charge is -2.56. The van der Waals surface area contributed by atoms with Gasteiger partial charge in [-0.2, -0.15) is 0 Å². The van der Waals surface area contributed by atoms with Crippen LogP contribution in [0, 0.1) is 28.6 Å². The number of aliphatic hydroxyl groups is 1. The Morgan fingerprint density at radius 2 is 1.95 bits per heavy atom. The largest absolute Gasteiger partial charge is 0.508 e. The van der Waals surface area contributed by atoms with Crippen molar-refractivity contribution < 1.29 is 9.90 Å². The van der Waals surface area contributed by atoms with Gasteiger partial charge in [-0.15, -0.1) is 0 Å². The minimum atomic E-state index is -0.462. The lowest BCUT2D eigenvalue weighted by atomic mass is 9.47. The fraction of sp³-hybridized carbons (Fsp3) is 0.650. The molecule has 0 aromatic rings. The summed E-state index contributed by atoms with van der Waals surface area (Å²) in [4.78, 5) is 12.8. The van der Waals surface area contributed by atoms with Gasteiger partial charge in [0.25, 0.3) is 0 Å². The zero-order valence-corrected chi connectivity index (χ0v) is 13.7. The zero-order chi connectivity index (χ0) is 15.7. The molecule has 22 heavy (non-hydrogen) atoms. The molecule has 0 saturated heterocycles. The average molecular weight is 298 g/mol. The Bertz CT molecular complexity index is 626. The first-order valence-electron chi connectivity index (χ1n) is 8.72. The fourth-order valence-electron chi connectivity index (χ4n) is 6.28. The Labute approximate surface area is 133 Å². The minimum Gasteiger partial charge on any atom is -0.508 e. The number of carbonyl (C=O) groups is 1. The van der Waals surface area contributed by atoms with Crippen LogP contribution in [0.1, 0.15) is 52.4 Å². The standard InChI is InChI=1S/C20H26O2/c1-12-9-14-15-5-4-7-19(15,2)8-6-16(14)20(3)17(12)10-13(21)11-18(20)22/h10-11,14-16,21H,1,4-9H2,2-3H3/t14-,15-,16-,19-,20+/m0/s1. The molecule has 0 spiro atoms. The van der Waals surface area contributed by atoms with Crippen molar-refractivity contribution in [3.63, 3.8) is 0 Å². The summed E-state index contributed by atoms with van der Waals surface area (Å²) in [6, 6.07) is 0. The van der Waals surface area contributed by atoms with E-state index in [1.165, 1.54) is 31.8 Å². The number of ketones is 1. The molecule has 118 valence electrons. The van der Waals surface area contributed by atoms with E-state index in [0.29, 0.717) is 17.3 Å². The first kappa shape index (κ1) is 14.3. The van der Waals surface area contributed by atoms with Crippen molar-refractivity contribution in [1.29, 1.82) is 0 Å². The molecule has 0 aromatic heterocycles. The van der Waals surface area contributed by atoms with Gasteiger partial charge in [0, 0.05) is 6.08 Å². The molecule has 2 heteroatoms. The SMILES string of the molecule is C=C1C[C@H]2[C@@H]3CCC[C@@]3(C)CC[C@@H]2[C@@]2(C)C(=O)C=C(O)C=C12. The number of hydrogen-bond donors (Lipinski definition) is 1. The molecule has 4 aliphatic rings. The third kappa shape index (κ3) is 1.64. The van der Waals surface area contributed by atoms with Gasteiger partial charge in [0.15, 0.2) is 5.78 Å². The van der Waals surface area contributed by atoms with E-state index in [1.54, 1.807) is 6.08 Å². The second kappa shape index (κ2) is 4.37. The maximum atomic E-state index is 12.8. The molecule has 0 bridgehead atoms. The van der Waals surface area contributed by atoms with E-state index in [-0.39, 0.29) is 11.5 Å². The maximum absolute atomic E-state index is 12.8. The summed E-state index contributed by atoms with van der Waals surface area (Å²) in [5.74, 6) is 1.93. The van der Waals surface area contributed by atoms with Gasteiger partial charge >= 0.3 is 0 Å². The van der Waals surface area contributed by atoms with Crippen LogP contribution in [0.3, 0.4) is 0 Å². The zero-order valence-electron chi connectivity index (χ0n) is 13.7. The molecule has 3 fully saturated rings. The van der Waals surface area contributed by atoms with E-state index >= 15 is 0 Å². The van der Waals surface area contributed by atoms with E-state index in [1.807, 2.05) is 0 Å². The third-order valence-corrected chi connectivity index (χ3v) is 7.47. The smallest absolute Gasteiger partial charge is 0.169 e. The molecule has 4 aliphatic carbocycles. The van der Waals surface area contributed by atoms with Gasteiger partial charge in [-0.3, -0.25) is 4.79 Å². The number of hydrogen-bond acceptors (Lipinski definition) is 2. The second-order valence-corrected chi connectivity index (χ2v) is 8.46. The van der Waals surface area contributed by atoms with E-state index < -0.39 is 5.41 Å². The topological polar surface area (TPSA) is 37.3 Å². The van der Waals surface area contributed by atoms with Crippen LogP contribution in [0.15, 0.2) is 35.6 Å². The van der Waals surface area contributed by atoms with Crippen LogP contribution in [0.5, 0.6) is 0 Å². The second-order valence-electron chi connectivity index (χ2n) is 8.46. The molecule has 1 N–H and O–H groups in total. The Morgan fingerprint density at radius 1 is 1.18 bits per heavy atom. The van der Waals surface area contributed by atoms with Crippen LogP contribution in [0.2, 0.25) is 0 Å². The molecule has 5 atom stereocenters. The van der Waals surface area contributed by atoms with E-state index in [0.717, 1.165) is 29.9 Å². The Hall–Kier alpha value is -1.31. The first-order valence-corrected chi connectivity index (χ1v) is 8.72. The summed E-state index contributed by atoms with van der Waals surface area (Å²) >= 11 is 0. The van der Waals surface area contributed by atoms with Crippen molar-refractivity contribution >= 4 is 5.78 Å². The van der Waals surface area contributed by atoms with Crippen molar-refractivity contribution in [2.45, 2.75) is 52.4 Å². The molecule has 0 amide bonds. The third-order valence-electron chi connectivity index (χ3n) is 7.47. The molecule has 0 aromatic carbocycles. The predicted octanol–water partition coefficient (Wildman–Crippen LogP) is 4.74. The summed E-state index contributed by atoms with van der Waals surface area (Å²) in [6.45, 7) is 8.85. The van der Waals surface area contributed by atoms with Gasteiger partial charge in [0.05, 0.1) is 5.41 Å². The van der Waals surface area contributed by atoms with Gasteiger partial charge in [-0.05, 0) is 73.8 Å². The summed E-state index contributed by atoms with van der Waals surface area (Å²) < 4.78 is 0. The van der Waals surface area contributed by atoms with Crippen LogP contribution < -0.4 is 0 Å². The molecular weight excluding hydrogens is 272 g/mol. The van der Waals surface area contributed by atoms with E-state index in [4.69, 9.17) is 0 Å². The quantitative estimate of drug-likeness (QED) is 0.701. The van der Waals surface area contributed by atoms with Crippen LogP contribution in [-0.2, 0) is 4.79 Å². The first-order chi connectivity index (χ1) is 10.4. The molecule has 0 unspecified atom stereocenters. The van der Waals surface area contributed by atoms with E-state index in [2.05, 4.69) is 20.4 Å². The van der Waals surface area contributed by atoms with Crippen LogP contribution in [-0.4, -0.2) is 10.9 Å². The summed E-state index contributed by atoms with van der Waals surface area (Å²) in [6.07, 6.45) is 10.6. The van der Waals surface area contributed by atoms with Crippen molar-refractivity contribution in [3.8, 4) is 0 Å². The minimum absolute atomic E-state index is 0.0833. The Balaban J connectivity index is 1.80. The predicted molar refractivity (Wildman–Crippen MR) is 87.3 cm³/mol. The molecule has 0 radical (unpaired) electrons. The van der Waals surface area contributed by atoms with Gasteiger partial charge in [0.1, 0.15) is 5.76 Å². The van der Waals surface area contributed by atoms with Crippen molar-refractivity contribution in [2.24, 2.45) is 28.6 Å². The Morgan fingerprint density at radius 3 is 2.73 bits per heavy atom. The van der Waals surface area contributed by atoms with Crippen LogP contribution in [0.25, 0.3) is 0 Å². The van der Waals surface area contributed by atoms with Gasteiger partial charge in [-0.25, -0.2) is 0 Å².